The third kappa shape index (κ3) is 4.08. The first-order chi connectivity index (χ1) is 13.9. The maximum atomic E-state index is 13.3. The first-order valence-electron chi connectivity index (χ1n) is 8.51. The summed E-state index contributed by atoms with van der Waals surface area (Å²) in [4.78, 5) is 18.2. The van der Waals surface area contributed by atoms with Crippen molar-refractivity contribution in [2.75, 3.05) is 5.32 Å². The van der Waals surface area contributed by atoms with Crippen LogP contribution >= 0.6 is 22.7 Å². The number of thiophene rings is 1. The van der Waals surface area contributed by atoms with E-state index in [2.05, 4.69) is 10.3 Å². The van der Waals surface area contributed by atoms with Gasteiger partial charge in [0, 0.05) is 5.56 Å². The van der Waals surface area contributed by atoms with Crippen LogP contribution in [0.25, 0.3) is 21.1 Å². The van der Waals surface area contributed by atoms with E-state index in [4.69, 9.17) is 0 Å². The zero-order valence-corrected chi connectivity index (χ0v) is 16.4. The number of halogens is 3. The second kappa shape index (κ2) is 7.81. The highest BCUT2D eigenvalue weighted by molar-refractivity contribution is 7.20. The molecule has 0 atom stereocenters. The zero-order chi connectivity index (χ0) is 20.4. The molecule has 8 heteroatoms. The number of aromatic nitrogens is 1. The van der Waals surface area contributed by atoms with Crippen molar-refractivity contribution < 1.29 is 18.0 Å². The average molecular weight is 430 g/mol. The Bertz CT molecular complexity index is 1140. The summed E-state index contributed by atoms with van der Waals surface area (Å²) in [6, 6.07) is 17.9. The van der Waals surface area contributed by atoms with Crippen molar-refractivity contribution in [3.8, 4) is 21.1 Å². The lowest BCUT2D eigenvalue weighted by molar-refractivity contribution is -0.137. The van der Waals surface area contributed by atoms with Crippen molar-refractivity contribution in [2.45, 2.75) is 6.18 Å². The lowest BCUT2D eigenvalue weighted by atomic mass is 10.1. The van der Waals surface area contributed by atoms with Crippen molar-refractivity contribution in [3.63, 3.8) is 0 Å². The third-order valence-corrected chi connectivity index (χ3v) is 6.00. The lowest BCUT2D eigenvalue weighted by Crippen LogP contribution is -2.18. The fourth-order valence-electron chi connectivity index (χ4n) is 2.79. The van der Waals surface area contributed by atoms with Crippen LogP contribution in [0, 0.1) is 0 Å². The van der Waals surface area contributed by atoms with Gasteiger partial charge in [0.2, 0.25) is 0 Å². The molecule has 2 aromatic heterocycles. The number of alkyl halides is 3. The summed E-state index contributed by atoms with van der Waals surface area (Å²) in [5.41, 5.74) is 0.0166. The first-order valence-corrected chi connectivity index (χ1v) is 10.2. The smallest absolute Gasteiger partial charge is 0.312 e. The van der Waals surface area contributed by atoms with Gasteiger partial charge in [0.1, 0.15) is 15.7 Å². The second-order valence-corrected chi connectivity index (χ2v) is 7.98. The van der Waals surface area contributed by atoms with Crippen LogP contribution in [0.5, 0.6) is 0 Å². The Morgan fingerprint density at radius 3 is 2.34 bits per heavy atom. The van der Waals surface area contributed by atoms with E-state index < -0.39 is 23.2 Å². The molecule has 0 saturated carbocycles. The highest BCUT2D eigenvalue weighted by atomic mass is 32.1. The van der Waals surface area contributed by atoms with E-state index in [0.29, 0.717) is 15.7 Å². The number of hydrogen-bond acceptors (Lipinski definition) is 4. The Balaban J connectivity index is 1.74. The minimum absolute atomic E-state index is 0.410. The topological polar surface area (TPSA) is 42.0 Å². The highest BCUT2D eigenvalue weighted by Crippen LogP contribution is 2.40. The molecule has 0 spiro atoms. The van der Waals surface area contributed by atoms with Gasteiger partial charge < -0.3 is 5.32 Å². The lowest BCUT2D eigenvalue weighted by Gasteiger charge is -2.12. The Kier molecular flexibility index (Phi) is 5.21. The summed E-state index contributed by atoms with van der Waals surface area (Å²) in [6.07, 6.45) is -4.62. The average Bonchev–Trinajstić information content (AvgIpc) is 3.38. The van der Waals surface area contributed by atoms with Crippen LogP contribution in [-0.4, -0.2) is 10.9 Å². The minimum Gasteiger partial charge on any atom is -0.312 e. The summed E-state index contributed by atoms with van der Waals surface area (Å²) in [6.45, 7) is 0. The van der Waals surface area contributed by atoms with Crippen LogP contribution < -0.4 is 5.32 Å². The van der Waals surface area contributed by atoms with Crippen LogP contribution in [0.4, 0.5) is 18.2 Å². The molecule has 4 rings (SSSR count). The summed E-state index contributed by atoms with van der Waals surface area (Å²) in [5, 5.41) is 5.60. The molecule has 0 saturated heterocycles. The Hall–Kier alpha value is -2.97. The van der Waals surface area contributed by atoms with Crippen LogP contribution in [0.15, 0.2) is 72.1 Å². The molecule has 1 amide bonds. The molecule has 3 nitrogen and oxygen atoms in total. The predicted molar refractivity (Wildman–Crippen MR) is 110 cm³/mol. The molecule has 4 aromatic rings. The second-order valence-electron chi connectivity index (χ2n) is 6.04. The summed E-state index contributed by atoms with van der Waals surface area (Å²) >= 11 is 2.67. The molecule has 0 bridgehead atoms. The van der Waals surface area contributed by atoms with E-state index in [1.807, 2.05) is 47.8 Å². The van der Waals surface area contributed by atoms with Gasteiger partial charge in [-0.3, -0.25) is 4.79 Å². The van der Waals surface area contributed by atoms with Gasteiger partial charge in [0.15, 0.2) is 0 Å². The maximum Gasteiger partial charge on any atom is 0.417 e. The largest absolute Gasteiger partial charge is 0.417 e. The number of amides is 1. The molecule has 0 aliphatic rings. The van der Waals surface area contributed by atoms with Gasteiger partial charge in [-0.25, -0.2) is 4.98 Å². The van der Waals surface area contributed by atoms with Gasteiger partial charge in [0.05, 0.1) is 16.0 Å². The quantitative estimate of drug-likeness (QED) is 0.386. The van der Waals surface area contributed by atoms with E-state index >= 15 is 0 Å². The molecule has 2 heterocycles. The number of benzene rings is 2. The van der Waals surface area contributed by atoms with Crippen LogP contribution in [0.1, 0.15) is 15.9 Å². The summed E-state index contributed by atoms with van der Waals surface area (Å²) < 4.78 is 39.9. The van der Waals surface area contributed by atoms with Gasteiger partial charge >= 0.3 is 6.18 Å². The number of carbonyl (C=O) groups is 1. The van der Waals surface area contributed by atoms with Crippen molar-refractivity contribution in [1.82, 2.24) is 4.98 Å². The number of hydrogen-bond donors (Lipinski definition) is 1. The number of rotatable bonds is 4. The minimum atomic E-state index is -4.62. The van der Waals surface area contributed by atoms with Crippen molar-refractivity contribution in [3.05, 3.63) is 83.2 Å². The van der Waals surface area contributed by atoms with E-state index in [1.165, 1.54) is 40.9 Å². The molecule has 1 N–H and O–H groups in total. The molecule has 2 aromatic carbocycles. The molecule has 0 aliphatic carbocycles. The van der Waals surface area contributed by atoms with Gasteiger partial charge in [-0.15, -0.1) is 11.3 Å². The SMILES string of the molecule is O=C(Nc1sc(-c2ccccc2)nc1-c1cccs1)c1ccccc1C(F)(F)F. The highest BCUT2D eigenvalue weighted by Gasteiger charge is 2.35. The van der Waals surface area contributed by atoms with E-state index in [1.54, 1.807) is 0 Å². The van der Waals surface area contributed by atoms with Crippen LogP contribution in [-0.2, 0) is 6.18 Å². The van der Waals surface area contributed by atoms with Gasteiger partial charge in [-0.05, 0) is 23.6 Å². The van der Waals surface area contributed by atoms with Gasteiger partial charge in [-0.2, -0.15) is 13.2 Å². The Morgan fingerprint density at radius 2 is 1.66 bits per heavy atom. The maximum absolute atomic E-state index is 13.3. The molecule has 0 fully saturated rings. The Morgan fingerprint density at radius 1 is 0.931 bits per heavy atom. The molecule has 29 heavy (non-hydrogen) atoms. The fourth-order valence-corrected chi connectivity index (χ4v) is 4.55. The molecular formula is C21H13F3N2OS2. The zero-order valence-electron chi connectivity index (χ0n) is 14.7. The molecule has 0 unspecified atom stereocenters. The van der Waals surface area contributed by atoms with Crippen LogP contribution in [0.2, 0.25) is 0 Å². The number of nitrogens with one attached hydrogen (secondary N) is 1. The van der Waals surface area contributed by atoms with Gasteiger partial charge in [0.25, 0.3) is 5.91 Å². The molecule has 146 valence electrons. The number of anilines is 1. The monoisotopic (exact) mass is 430 g/mol. The molecular weight excluding hydrogens is 417 g/mol. The summed E-state index contributed by atoms with van der Waals surface area (Å²) in [7, 11) is 0. The van der Waals surface area contributed by atoms with E-state index in [0.717, 1.165) is 16.5 Å². The van der Waals surface area contributed by atoms with Gasteiger partial charge in [-0.1, -0.05) is 59.9 Å². The van der Waals surface area contributed by atoms with E-state index in [9.17, 15) is 18.0 Å². The van der Waals surface area contributed by atoms with Crippen molar-refractivity contribution in [2.24, 2.45) is 0 Å². The predicted octanol–water partition coefficient (Wildman–Crippen LogP) is 6.81. The molecule has 0 aliphatic heterocycles. The Labute approximate surface area is 172 Å². The first kappa shape index (κ1) is 19.4. The van der Waals surface area contributed by atoms with Crippen LogP contribution in [0.3, 0.4) is 0 Å². The van der Waals surface area contributed by atoms with Crippen molar-refractivity contribution >= 4 is 33.6 Å². The number of carbonyl (C=O) groups excluding carboxylic acids is 1. The number of thiazole rings is 1. The normalized spacial score (nSPS) is 11.4. The van der Waals surface area contributed by atoms with Crippen molar-refractivity contribution in [1.29, 1.82) is 0 Å². The standard InChI is InChI=1S/C21H13F3N2OS2/c22-21(23,24)15-10-5-4-9-14(15)18(27)26-20-17(16-11-6-12-28-16)25-19(29-20)13-7-2-1-3-8-13/h1-12H,(H,26,27). The summed E-state index contributed by atoms with van der Waals surface area (Å²) in [5.74, 6) is -0.820. The third-order valence-electron chi connectivity index (χ3n) is 4.11. The fraction of sp³-hybridized carbons (Fsp3) is 0.0476. The number of nitrogens with zero attached hydrogens (tertiary/aromatic N) is 1. The molecule has 0 radical (unpaired) electrons. The van der Waals surface area contributed by atoms with E-state index in [-0.39, 0.29) is 0 Å².